The number of rotatable bonds is 5. The number of hydrogen-bond donors (Lipinski definition) is 2. The average molecular weight is 263 g/mol. The quantitative estimate of drug-likeness (QED) is 0.856. The third kappa shape index (κ3) is 3.02. The molecule has 0 aromatic carbocycles. The van der Waals surface area contributed by atoms with Crippen molar-refractivity contribution in [3.05, 3.63) is 23.7 Å². The van der Waals surface area contributed by atoms with Crippen LogP contribution < -0.4 is 11.2 Å². The van der Waals surface area contributed by atoms with Gasteiger partial charge in [0.25, 0.3) is 0 Å². The molecule has 3 rings (SSSR count). The summed E-state index contributed by atoms with van der Waals surface area (Å²) in [5.74, 6) is 3.55. The van der Waals surface area contributed by atoms with Gasteiger partial charge in [0.2, 0.25) is 0 Å². The maximum atomic E-state index is 6.00. The molecule has 106 valence electrons. The van der Waals surface area contributed by atoms with Crippen LogP contribution >= 0.6 is 0 Å². The topological polar surface area (TPSA) is 54.4 Å². The van der Waals surface area contributed by atoms with Gasteiger partial charge < -0.3 is 10.2 Å². The Morgan fingerprint density at radius 3 is 2.74 bits per heavy atom. The molecule has 0 bridgehead atoms. The summed E-state index contributed by atoms with van der Waals surface area (Å²) >= 11 is 0. The van der Waals surface area contributed by atoms with Crippen molar-refractivity contribution in [2.75, 3.05) is 19.6 Å². The Kier molecular flexibility index (Phi) is 3.91. The lowest BCUT2D eigenvalue weighted by Gasteiger charge is -2.30. The molecule has 0 amide bonds. The monoisotopic (exact) mass is 263 g/mol. The molecule has 3 atom stereocenters. The first-order valence-corrected chi connectivity index (χ1v) is 7.58. The number of nitrogens with two attached hydrogens (primary N) is 1. The van der Waals surface area contributed by atoms with Crippen LogP contribution in [0.3, 0.4) is 0 Å². The third-order valence-corrected chi connectivity index (χ3v) is 4.40. The van der Waals surface area contributed by atoms with Crippen molar-refractivity contribution in [1.29, 1.82) is 0 Å². The summed E-state index contributed by atoms with van der Waals surface area (Å²) in [6.07, 6.45) is 5.15. The van der Waals surface area contributed by atoms with E-state index in [0.717, 1.165) is 30.5 Å². The predicted octanol–water partition coefficient (Wildman–Crippen LogP) is 2.39. The molecule has 1 saturated heterocycles. The SMILES string of the molecule is CC1CC1c1ccc(C(CN)NN2CCCCC2)o1. The molecule has 2 heterocycles. The molecule has 19 heavy (non-hydrogen) atoms. The van der Waals surface area contributed by atoms with E-state index in [-0.39, 0.29) is 6.04 Å². The van der Waals surface area contributed by atoms with Crippen LogP contribution in [0, 0.1) is 5.92 Å². The smallest absolute Gasteiger partial charge is 0.123 e. The van der Waals surface area contributed by atoms with E-state index in [0.29, 0.717) is 12.5 Å². The Morgan fingerprint density at radius 1 is 1.37 bits per heavy atom. The van der Waals surface area contributed by atoms with E-state index in [4.69, 9.17) is 10.2 Å². The van der Waals surface area contributed by atoms with E-state index in [9.17, 15) is 0 Å². The van der Waals surface area contributed by atoms with Gasteiger partial charge in [0.1, 0.15) is 11.5 Å². The van der Waals surface area contributed by atoms with Crippen LogP contribution in [0.15, 0.2) is 16.5 Å². The molecule has 4 nitrogen and oxygen atoms in total. The standard InChI is InChI=1S/C15H25N3O/c1-11-9-12(11)14-5-6-15(19-14)13(10-16)17-18-7-3-2-4-8-18/h5-6,11-13,17H,2-4,7-10,16H2,1H3. The first kappa shape index (κ1) is 13.2. The van der Waals surface area contributed by atoms with E-state index in [1.807, 2.05) is 0 Å². The van der Waals surface area contributed by atoms with Gasteiger partial charge in [-0.1, -0.05) is 13.3 Å². The Labute approximate surface area is 115 Å². The number of hydrogen-bond acceptors (Lipinski definition) is 4. The van der Waals surface area contributed by atoms with Crippen molar-refractivity contribution in [2.24, 2.45) is 11.7 Å². The first-order valence-electron chi connectivity index (χ1n) is 7.58. The lowest BCUT2D eigenvalue weighted by molar-refractivity contribution is 0.122. The van der Waals surface area contributed by atoms with E-state index in [2.05, 4.69) is 29.5 Å². The zero-order valence-corrected chi connectivity index (χ0v) is 11.8. The lowest BCUT2D eigenvalue weighted by atomic mass is 10.1. The molecular formula is C15H25N3O. The van der Waals surface area contributed by atoms with Crippen LogP contribution in [0.25, 0.3) is 0 Å². The van der Waals surface area contributed by atoms with Crippen LogP contribution in [0.2, 0.25) is 0 Å². The molecule has 1 aliphatic heterocycles. The summed E-state index contributed by atoms with van der Waals surface area (Å²) in [6.45, 7) is 5.08. The number of nitrogens with zero attached hydrogens (tertiary/aromatic N) is 1. The summed E-state index contributed by atoms with van der Waals surface area (Å²) in [6, 6.07) is 4.33. The minimum absolute atomic E-state index is 0.112. The lowest BCUT2D eigenvalue weighted by Crippen LogP contribution is -2.45. The molecule has 1 aromatic rings. The molecule has 4 heteroatoms. The minimum Gasteiger partial charge on any atom is -0.464 e. The Morgan fingerprint density at radius 2 is 2.11 bits per heavy atom. The number of furan rings is 1. The van der Waals surface area contributed by atoms with Gasteiger partial charge in [-0.15, -0.1) is 0 Å². The van der Waals surface area contributed by atoms with Crippen molar-refractivity contribution < 1.29 is 4.42 Å². The van der Waals surface area contributed by atoms with Crippen LogP contribution in [0.5, 0.6) is 0 Å². The Hall–Kier alpha value is -0.840. The van der Waals surface area contributed by atoms with Gasteiger partial charge in [-0.25, -0.2) is 10.4 Å². The fourth-order valence-electron chi connectivity index (χ4n) is 2.95. The van der Waals surface area contributed by atoms with Crippen molar-refractivity contribution in [3.63, 3.8) is 0 Å². The van der Waals surface area contributed by atoms with Crippen LogP contribution in [0.1, 0.15) is 56.1 Å². The van der Waals surface area contributed by atoms with Crippen LogP contribution in [-0.4, -0.2) is 24.6 Å². The highest BCUT2D eigenvalue weighted by Crippen LogP contribution is 2.47. The number of piperidine rings is 1. The van der Waals surface area contributed by atoms with Crippen molar-refractivity contribution in [1.82, 2.24) is 10.4 Å². The highest BCUT2D eigenvalue weighted by Gasteiger charge is 2.37. The summed E-state index contributed by atoms with van der Waals surface area (Å²) in [5.41, 5.74) is 9.42. The zero-order valence-electron chi connectivity index (χ0n) is 11.8. The molecular weight excluding hydrogens is 238 g/mol. The second-order valence-electron chi connectivity index (χ2n) is 6.02. The highest BCUT2D eigenvalue weighted by molar-refractivity contribution is 5.19. The summed E-state index contributed by atoms with van der Waals surface area (Å²) in [5, 5.41) is 2.29. The molecule has 1 aliphatic carbocycles. The predicted molar refractivity (Wildman–Crippen MR) is 75.6 cm³/mol. The molecule has 0 radical (unpaired) electrons. The van der Waals surface area contributed by atoms with Crippen LogP contribution in [0.4, 0.5) is 0 Å². The van der Waals surface area contributed by atoms with Gasteiger partial charge in [-0.05, 0) is 37.3 Å². The van der Waals surface area contributed by atoms with Crippen LogP contribution in [-0.2, 0) is 0 Å². The molecule has 1 aromatic heterocycles. The summed E-state index contributed by atoms with van der Waals surface area (Å²) in [4.78, 5) is 0. The summed E-state index contributed by atoms with van der Waals surface area (Å²) in [7, 11) is 0. The third-order valence-electron chi connectivity index (χ3n) is 4.40. The van der Waals surface area contributed by atoms with Gasteiger partial charge >= 0.3 is 0 Å². The molecule has 2 aliphatic rings. The maximum absolute atomic E-state index is 6.00. The first-order chi connectivity index (χ1) is 9.28. The fourth-order valence-corrected chi connectivity index (χ4v) is 2.95. The minimum atomic E-state index is 0.112. The Bertz CT molecular complexity index is 411. The molecule has 3 N–H and O–H groups in total. The van der Waals surface area contributed by atoms with Gasteiger partial charge in [0, 0.05) is 25.6 Å². The highest BCUT2D eigenvalue weighted by atomic mass is 16.3. The van der Waals surface area contributed by atoms with E-state index in [1.54, 1.807) is 0 Å². The second kappa shape index (κ2) is 5.65. The van der Waals surface area contributed by atoms with Crippen molar-refractivity contribution in [3.8, 4) is 0 Å². The molecule has 1 saturated carbocycles. The molecule has 3 unspecified atom stereocenters. The Balaban J connectivity index is 1.62. The average Bonchev–Trinajstić information content (AvgIpc) is 2.99. The normalized spacial score (nSPS) is 29.4. The van der Waals surface area contributed by atoms with Gasteiger partial charge in [-0.2, -0.15) is 0 Å². The van der Waals surface area contributed by atoms with Gasteiger partial charge in [0.15, 0.2) is 0 Å². The van der Waals surface area contributed by atoms with Gasteiger partial charge in [-0.3, -0.25) is 0 Å². The van der Waals surface area contributed by atoms with E-state index >= 15 is 0 Å². The molecule has 0 spiro atoms. The fraction of sp³-hybridized carbons (Fsp3) is 0.733. The van der Waals surface area contributed by atoms with E-state index in [1.165, 1.54) is 25.7 Å². The number of nitrogens with one attached hydrogen (secondary N) is 1. The second-order valence-corrected chi connectivity index (χ2v) is 6.02. The maximum Gasteiger partial charge on any atom is 0.123 e. The van der Waals surface area contributed by atoms with Crippen molar-refractivity contribution in [2.45, 2.75) is 44.6 Å². The summed E-state index contributed by atoms with van der Waals surface area (Å²) < 4.78 is 6.00. The molecule has 2 fully saturated rings. The largest absolute Gasteiger partial charge is 0.464 e. The zero-order chi connectivity index (χ0) is 13.2. The van der Waals surface area contributed by atoms with Gasteiger partial charge in [0.05, 0.1) is 6.04 Å². The van der Waals surface area contributed by atoms with E-state index < -0.39 is 0 Å². The number of hydrazine groups is 1. The van der Waals surface area contributed by atoms with Crippen molar-refractivity contribution >= 4 is 0 Å².